The van der Waals surface area contributed by atoms with Crippen LogP contribution in [0.4, 0.5) is 5.69 Å². The number of halogens is 2. The normalized spacial score (nSPS) is 11.7. The van der Waals surface area contributed by atoms with Gasteiger partial charge < -0.3 is 15.5 Å². The third-order valence-electron chi connectivity index (χ3n) is 3.91. The number of furan rings is 1. The second-order valence-electron chi connectivity index (χ2n) is 5.77. The molecule has 0 saturated heterocycles. The SMILES string of the molecule is NC(=Nc1ccc(CCNCc2c(Cl)cccc2Cl)cc1)c1ccco1. The lowest BCUT2D eigenvalue weighted by Gasteiger charge is -2.09. The molecule has 3 N–H and O–H groups in total. The molecule has 0 unspecified atom stereocenters. The molecule has 1 heterocycles. The minimum absolute atomic E-state index is 0.362. The van der Waals surface area contributed by atoms with Gasteiger partial charge in [-0.25, -0.2) is 4.99 Å². The lowest BCUT2D eigenvalue weighted by molar-refractivity contribution is 0.557. The smallest absolute Gasteiger partial charge is 0.168 e. The van der Waals surface area contributed by atoms with E-state index < -0.39 is 0 Å². The van der Waals surface area contributed by atoms with Crippen molar-refractivity contribution < 1.29 is 4.42 Å². The molecule has 3 aromatic rings. The van der Waals surface area contributed by atoms with Crippen molar-refractivity contribution in [2.24, 2.45) is 10.7 Å². The molecular formula is C20H19Cl2N3O. The minimum atomic E-state index is 0.362. The van der Waals surface area contributed by atoms with E-state index >= 15 is 0 Å². The summed E-state index contributed by atoms with van der Waals surface area (Å²) in [6.07, 6.45) is 2.46. The molecule has 0 fully saturated rings. The predicted molar refractivity (Wildman–Crippen MR) is 107 cm³/mol. The molecule has 0 spiro atoms. The molecule has 0 saturated carbocycles. The summed E-state index contributed by atoms with van der Waals surface area (Å²) in [5.41, 5.74) is 8.83. The second-order valence-corrected chi connectivity index (χ2v) is 6.58. The molecule has 0 amide bonds. The van der Waals surface area contributed by atoms with Crippen LogP contribution in [-0.4, -0.2) is 12.4 Å². The predicted octanol–water partition coefficient (Wildman–Crippen LogP) is 4.96. The fourth-order valence-electron chi connectivity index (χ4n) is 2.50. The fourth-order valence-corrected chi connectivity index (χ4v) is 3.03. The van der Waals surface area contributed by atoms with Crippen LogP contribution in [0.5, 0.6) is 0 Å². The lowest BCUT2D eigenvalue weighted by atomic mass is 10.1. The summed E-state index contributed by atoms with van der Waals surface area (Å²) < 4.78 is 5.23. The van der Waals surface area contributed by atoms with E-state index in [1.807, 2.05) is 42.5 Å². The van der Waals surface area contributed by atoms with E-state index in [2.05, 4.69) is 10.3 Å². The molecule has 0 atom stereocenters. The molecule has 134 valence electrons. The molecule has 0 aliphatic carbocycles. The average molecular weight is 388 g/mol. The number of aliphatic imine (C=N–C) groups is 1. The molecule has 0 bridgehead atoms. The highest BCUT2D eigenvalue weighted by Crippen LogP contribution is 2.23. The topological polar surface area (TPSA) is 63.5 Å². The van der Waals surface area contributed by atoms with Crippen LogP contribution < -0.4 is 11.1 Å². The highest BCUT2D eigenvalue weighted by molar-refractivity contribution is 6.35. The molecule has 3 rings (SSSR count). The van der Waals surface area contributed by atoms with Gasteiger partial charge in [0.05, 0.1) is 12.0 Å². The maximum Gasteiger partial charge on any atom is 0.168 e. The second kappa shape index (κ2) is 8.90. The largest absolute Gasteiger partial charge is 0.461 e. The van der Waals surface area contributed by atoms with Gasteiger partial charge in [-0.2, -0.15) is 0 Å². The summed E-state index contributed by atoms with van der Waals surface area (Å²) in [5.74, 6) is 0.928. The third kappa shape index (κ3) is 4.88. The van der Waals surface area contributed by atoms with Crippen molar-refractivity contribution in [2.75, 3.05) is 6.54 Å². The molecule has 0 aliphatic heterocycles. The monoisotopic (exact) mass is 387 g/mol. The molecule has 1 aromatic heterocycles. The lowest BCUT2D eigenvalue weighted by Crippen LogP contribution is -2.17. The molecule has 26 heavy (non-hydrogen) atoms. The standard InChI is InChI=1S/C20H19Cl2N3O/c21-17-3-1-4-18(22)16(17)13-24-11-10-14-6-8-15(9-7-14)25-20(23)19-5-2-12-26-19/h1-9,12,24H,10-11,13H2,(H2,23,25). The average Bonchev–Trinajstić information content (AvgIpc) is 3.17. The number of hydrogen-bond acceptors (Lipinski definition) is 3. The summed E-state index contributed by atoms with van der Waals surface area (Å²) in [6.45, 7) is 1.46. The van der Waals surface area contributed by atoms with Crippen molar-refractivity contribution >= 4 is 34.7 Å². The van der Waals surface area contributed by atoms with Crippen LogP contribution >= 0.6 is 23.2 Å². The first-order valence-electron chi connectivity index (χ1n) is 8.24. The molecule has 6 heteroatoms. The Morgan fingerprint density at radius 3 is 2.38 bits per heavy atom. The van der Waals surface area contributed by atoms with Crippen molar-refractivity contribution in [1.29, 1.82) is 0 Å². The van der Waals surface area contributed by atoms with Crippen LogP contribution in [0.3, 0.4) is 0 Å². The summed E-state index contributed by atoms with van der Waals surface area (Å²) in [4.78, 5) is 4.35. The summed E-state index contributed by atoms with van der Waals surface area (Å²) in [6, 6.07) is 17.1. The molecular weight excluding hydrogens is 369 g/mol. The Hall–Kier alpha value is -2.27. The Morgan fingerprint density at radius 2 is 1.73 bits per heavy atom. The van der Waals surface area contributed by atoms with Gasteiger partial charge in [0.2, 0.25) is 0 Å². The van der Waals surface area contributed by atoms with Gasteiger partial charge in [-0.3, -0.25) is 0 Å². The van der Waals surface area contributed by atoms with Gasteiger partial charge in [-0.05, 0) is 54.9 Å². The van der Waals surface area contributed by atoms with Crippen molar-refractivity contribution in [3.05, 3.63) is 87.8 Å². The third-order valence-corrected chi connectivity index (χ3v) is 4.62. The van der Waals surface area contributed by atoms with Crippen LogP contribution in [-0.2, 0) is 13.0 Å². The summed E-state index contributed by atoms with van der Waals surface area (Å²) in [7, 11) is 0. The first-order valence-corrected chi connectivity index (χ1v) is 8.99. The van der Waals surface area contributed by atoms with E-state index in [4.69, 9.17) is 33.4 Å². The van der Waals surface area contributed by atoms with Crippen molar-refractivity contribution in [2.45, 2.75) is 13.0 Å². The minimum Gasteiger partial charge on any atom is -0.461 e. The van der Waals surface area contributed by atoms with Crippen LogP contribution in [0.1, 0.15) is 16.9 Å². The van der Waals surface area contributed by atoms with Gasteiger partial charge in [0.15, 0.2) is 11.6 Å². The zero-order chi connectivity index (χ0) is 18.4. The highest BCUT2D eigenvalue weighted by Gasteiger charge is 2.05. The van der Waals surface area contributed by atoms with Crippen molar-refractivity contribution in [3.63, 3.8) is 0 Å². The van der Waals surface area contributed by atoms with E-state index in [0.717, 1.165) is 24.2 Å². The first kappa shape index (κ1) is 18.5. The number of nitrogens with one attached hydrogen (secondary N) is 1. The van der Waals surface area contributed by atoms with Crippen LogP contribution in [0.2, 0.25) is 10.0 Å². The van der Waals surface area contributed by atoms with Gasteiger partial charge in [-0.15, -0.1) is 0 Å². The van der Waals surface area contributed by atoms with Gasteiger partial charge >= 0.3 is 0 Å². The summed E-state index contributed by atoms with van der Waals surface area (Å²) >= 11 is 12.3. The number of nitrogens with two attached hydrogens (primary N) is 1. The van der Waals surface area contributed by atoms with E-state index in [0.29, 0.717) is 28.2 Å². The zero-order valence-corrected chi connectivity index (χ0v) is 15.6. The van der Waals surface area contributed by atoms with Gasteiger partial charge in [0.1, 0.15) is 0 Å². The van der Waals surface area contributed by atoms with E-state index in [1.54, 1.807) is 18.4 Å². The van der Waals surface area contributed by atoms with Crippen LogP contribution in [0.25, 0.3) is 0 Å². The fraction of sp³-hybridized carbons (Fsp3) is 0.150. The zero-order valence-electron chi connectivity index (χ0n) is 14.1. The molecule has 0 aliphatic rings. The van der Waals surface area contributed by atoms with Crippen molar-refractivity contribution in [1.82, 2.24) is 5.32 Å². The van der Waals surface area contributed by atoms with Gasteiger partial charge in [-0.1, -0.05) is 41.4 Å². The Kier molecular flexibility index (Phi) is 6.34. The first-order chi connectivity index (χ1) is 12.6. The number of rotatable bonds is 7. The van der Waals surface area contributed by atoms with Crippen LogP contribution in [0, 0.1) is 0 Å². The quantitative estimate of drug-likeness (QED) is 0.342. The molecule has 2 aromatic carbocycles. The Balaban J connectivity index is 1.51. The Labute approximate surface area is 162 Å². The highest BCUT2D eigenvalue weighted by atomic mass is 35.5. The number of hydrogen-bond donors (Lipinski definition) is 2. The maximum atomic E-state index is 6.17. The molecule has 0 radical (unpaired) electrons. The summed E-state index contributed by atoms with van der Waals surface area (Å²) in [5, 5.41) is 4.73. The van der Waals surface area contributed by atoms with E-state index in [1.165, 1.54) is 5.56 Å². The van der Waals surface area contributed by atoms with Crippen molar-refractivity contribution in [3.8, 4) is 0 Å². The maximum absolute atomic E-state index is 6.17. The van der Waals surface area contributed by atoms with Crippen LogP contribution in [0.15, 0.2) is 70.3 Å². The number of benzene rings is 2. The van der Waals surface area contributed by atoms with Gasteiger partial charge in [0, 0.05) is 22.2 Å². The van der Waals surface area contributed by atoms with Gasteiger partial charge in [0.25, 0.3) is 0 Å². The number of nitrogens with zero attached hydrogens (tertiary/aromatic N) is 1. The van der Waals surface area contributed by atoms with E-state index in [9.17, 15) is 0 Å². The number of amidine groups is 1. The van der Waals surface area contributed by atoms with E-state index in [-0.39, 0.29) is 0 Å². The Morgan fingerprint density at radius 1 is 1.00 bits per heavy atom. The molecule has 4 nitrogen and oxygen atoms in total. The Bertz CT molecular complexity index is 854.